The van der Waals surface area contributed by atoms with Gasteiger partial charge in [-0.2, -0.15) is 5.10 Å². The maximum absolute atomic E-state index is 12.0. The minimum absolute atomic E-state index is 0.0153. The maximum Gasteiger partial charge on any atom is 0.271 e. The monoisotopic (exact) mass is 414 g/mol. The molecule has 3 rings (SSSR count). The molecule has 0 aliphatic carbocycles. The van der Waals surface area contributed by atoms with E-state index in [1.54, 1.807) is 24.3 Å². The summed E-state index contributed by atoms with van der Waals surface area (Å²) in [6.45, 7) is 0. The summed E-state index contributed by atoms with van der Waals surface area (Å²) < 4.78 is 28.1. The van der Waals surface area contributed by atoms with Crippen molar-refractivity contribution in [1.29, 1.82) is 0 Å². The minimum Gasteiger partial charge on any atom is -0.455 e. The number of furan rings is 1. The second kappa shape index (κ2) is 8.04. The van der Waals surface area contributed by atoms with Gasteiger partial charge in [-0.05, 0) is 42.5 Å². The zero-order valence-electron chi connectivity index (χ0n) is 14.7. The molecule has 3 N–H and O–H groups in total. The van der Waals surface area contributed by atoms with Gasteiger partial charge >= 0.3 is 0 Å². The highest BCUT2D eigenvalue weighted by atomic mass is 32.2. The lowest BCUT2D eigenvalue weighted by molar-refractivity contribution is -0.384. The predicted molar refractivity (Wildman–Crippen MR) is 104 cm³/mol. The summed E-state index contributed by atoms with van der Waals surface area (Å²) in [6, 6.07) is 14.3. The van der Waals surface area contributed by atoms with Crippen molar-refractivity contribution in [1.82, 2.24) is 5.43 Å². The fraction of sp³-hybridized carbons (Fsp3) is 0. The van der Waals surface area contributed by atoms with Crippen molar-refractivity contribution in [3.8, 4) is 11.3 Å². The van der Waals surface area contributed by atoms with Crippen LogP contribution in [0.2, 0.25) is 0 Å². The normalized spacial score (nSPS) is 11.5. The number of nitro benzene ring substituents is 1. The van der Waals surface area contributed by atoms with Gasteiger partial charge in [-0.15, -0.1) is 0 Å². The van der Waals surface area contributed by atoms with E-state index in [9.17, 15) is 23.3 Å². The van der Waals surface area contributed by atoms with Gasteiger partial charge in [0, 0.05) is 23.3 Å². The van der Waals surface area contributed by atoms with Gasteiger partial charge in [0.05, 0.1) is 16.0 Å². The van der Waals surface area contributed by atoms with Crippen molar-refractivity contribution < 1.29 is 22.6 Å². The lowest BCUT2D eigenvalue weighted by Crippen LogP contribution is -2.17. The van der Waals surface area contributed by atoms with E-state index < -0.39 is 20.9 Å². The molecule has 0 aliphatic rings. The van der Waals surface area contributed by atoms with Crippen LogP contribution in [0.5, 0.6) is 0 Å². The van der Waals surface area contributed by atoms with Crippen molar-refractivity contribution >= 4 is 27.8 Å². The van der Waals surface area contributed by atoms with E-state index >= 15 is 0 Å². The Morgan fingerprint density at radius 3 is 2.52 bits per heavy atom. The summed E-state index contributed by atoms with van der Waals surface area (Å²) in [7, 11) is -3.78. The molecule has 29 heavy (non-hydrogen) atoms. The number of nitrogens with two attached hydrogens (primary N) is 1. The minimum atomic E-state index is -3.78. The molecule has 0 aliphatic heterocycles. The standard InChI is InChI=1S/C18H14N4O6S/c19-29(26,27)16-7-4-12(5-8-16)17-9-6-15(28-17)11-20-21-18(23)13-2-1-3-14(10-13)22(24)25/h1-11H,(H,21,23)(H2,19,26,27). The first kappa shape index (κ1) is 19.9. The molecule has 1 heterocycles. The van der Waals surface area contributed by atoms with Crippen molar-refractivity contribution in [3.05, 3.63) is 82.1 Å². The van der Waals surface area contributed by atoms with Crippen molar-refractivity contribution in [2.75, 3.05) is 0 Å². The van der Waals surface area contributed by atoms with Crippen LogP contribution in [-0.4, -0.2) is 25.5 Å². The fourth-order valence-electron chi connectivity index (χ4n) is 2.37. The molecule has 1 aromatic heterocycles. The Kier molecular flexibility index (Phi) is 5.52. The number of primary sulfonamides is 1. The third-order valence-electron chi connectivity index (χ3n) is 3.77. The van der Waals surface area contributed by atoms with Crippen LogP contribution in [0.15, 0.2) is 75.1 Å². The average molecular weight is 414 g/mol. The third-order valence-corrected chi connectivity index (χ3v) is 4.70. The number of hydrazone groups is 1. The summed E-state index contributed by atoms with van der Waals surface area (Å²) in [5, 5.41) is 19.6. The maximum atomic E-state index is 12.0. The Labute approximate surface area is 164 Å². The molecule has 0 saturated heterocycles. The van der Waals surface area contributed by atoms with Gasteiger partial charge in [-0.25, -0.2) is 19.0 Å². The quantitative estimate of drug-likeness (QED) is 0.358. The molecule has 0 unspecified atom stereocenters. The van der Waals surface area contributed by atoms with E-state index in [0.717, 1.165) is 6.07 Å². The summed E-state index contributed by atoms with van der Waals surface area (Å²) >= 11 is 0. The first-order chi connectivity index (χ1) is 13.7. The number of amides is 1. The summed E-state index contributed by atoms with van der Waals surface area (Å²) in [5.41, 5.74) is 2.76. The van der Waals surface area contributed by atoms with Gasteiger partial charge in [0.2, 0.25) is 10.0 Å². The number of carbonyl (C=O) groups excluding carboxylic acids is 1. The van der Waals surface area contributed by atoms with Crippen molar-refractivity contribution in [3.63, 3.8) is 0 Å². The number of benzene rings is 2. The number of nitrogens with one attached hydrogen (secondary N) is 1. The molecule has 1 amide bonds. The topological polar surface area (TPSA) is 158 Å². The highest BCUT2D eigenvalue weighted by Crippen LogP contribution is 2.23. The van der Waals surface area contributed by atoms with Crippen LogP contribution in [0.1, 0.15) is 16.1 Å². The van der Waals surface area contributed by atoms with E-state index in [2.05, 4.69) is 10.5 Å². The molecule has 11 heteroatoms. The third kappa shape index (κ3) is 4.91. The van der Waals surface area contributed by atoms with Crippen LogP contribution < -0.4 is 10.6 Å². The van der Waals surface area contributed by atoms with Gasteiger partial charge < -0.3 is 4.42 Å². The van der Waals surface area contributed by atoms with E-state index in [0.29, 0.717) is 17.1 Å². The summed E-state index contributed by atoms with van der Waals surface area (Å²) in [4.78, 5) is 22.2. The van der Waals surface area contributed by atoms with Gasteiger partial charge in [-0.1, -0.05) is 6.07 Å². The number of carbonyl (C=O) groups is 1. The number of non-ortho nitro benzene ring substituents is 1. The molecule has 148 valence electrons. The predicted octanol–water partition coefficient (Wildman–Crippen LogP) is 2.27. The molecule has 0 atom stereocenters. The SMILES string of the molecule is NS(=O)(=O)c1ccc(-c2ccc(C=NNC(=O)c3cccc([N+](=O)[O-])c3)o2)cc1. The molecule has 10 nitrogen and oxygen atoms in total. The van der Waals surface area contributed by atoms with Crippen molar-refractivity contribution in [2.24, 2.45) is 10.2 Å². The Bertz CT molecular complexity index is 1200. The van der Waals surface area contributed by atoms with Gasteiger partial charge in [0.1, 0.15) is 11.5 Å². The lowest BCUT2D eigenvalue weighted by Gasteiger charge is -2.00. The van der Waals surface area contributed by atoms with Crippen LogP contribution >= 0.6 is 0 Å². The zero-order valence-corrected chi connectivity index (χ0v) is 15.5. The number of nitro groups is 1. The van der Waals surface area contributed by atoms with E-state index in [1.165, 1.54) is 36.5 Å². The molecule has 0 spiro atoms. The molecular weight excluding hydrogens is 400 g/mol. The first-order valence-corrected chi connectivity index (χ1v) is 9.59. The lowest BCUT2D eigenvalue weighted by atomic mass is 10.2. The second-order valence-electron chi connectivity index (χ2n) is 5.78. The molecular formula is C18H14N4O6S. The summed E-state index contributed by atoms with van der Waals surface area (Å²) in [5.74, 6) is 0.169. The van der Waals surface area contributed by atoms with Crippen molar-refractivity contribution in [2.45, 2.75) is 4.90 Å². The number of sulfonamides is 1. The van der Waals surface area contributed by atoms with Gasteiger partial charge in [-0.3, -0.25) is 14.9 Å². The summed E-state index contributed by atoms with van der Waals surface area (Å²) in [6.07, 6.45) is 1.26. The van der Waals surface area contributed by atoms with E-state index in [1.807, 2.05) is 0 Å². The molecule has 0 saturated carbocycles. The first-order valence-electron chi connectivity index (χ1n) is 8.05. The zero-order chi connectivity index (χ0) is 21.0. The number of hydrogen-bond donors (Lipinski definition) is 2. The smallest absolute Gasteiger partial charge is 0.271 e. The van der Waals surface area contributed by atoms with Gasteiger partial charge in [0.15, 0.2) is 0 Å². The Morgan fingerprint density at radius 2 is 1.86 bits per heavy atom. The average Bonchev–Trinajstić information content (AvgIpc) is 3.16. The molecule has 0 fully saturated rings. The van der Waals surface area contributed by atoms with Crippen LogP contribution in [0.4, 0.5) is 5.69 Å². The number of hydrogen-bond acceptors (Lipinski definition) is 7. The van der Waals surface area contributed by atoms with Gasteiger partial charge in [0.25, 0.3) is 11.6 Å². The van der Waals surface area contributed by atoms with E-state index in [4.69, 9.17) is 9.56 Å². The molecule has 3 aromatic rings. The molecule has 0 bridgehead atoms. The second-order valence-corrected chi connectivity index (χ2v) is 7.34. The molecule has 2 aromatic carbocycles. The highest BCUT2D eigenvalue weighted by molar-refractivity contribution is 7.89. The Hall–Kier alpha value is -3.83. The van der Waals surface area contributed by atoms with Crippen LogP contribution in [0, 0.1) is 10.1 Å². The number of rotatable bonds is 6. The van der Waals surface area contributed by atoms with Crippen LogP contribution in [0.25, 0.3) is 11.3 Å². The van der Waals surface area contributed by atoms with Crippen LogP contribution in [-0.2, 0) is 10.0 Å². The highest BCUT2D eigenvalue weighted by Gasteiger charge is 2.11. The fourth-order valence-corrected chi connectivity index (χ4v) is 2.88. The largest absolute Gasteiger partial charge is 0.455 e. The Balaban J connectivity index is 1.67. The number of nitrogens with zero attached hydrogens (tertiary/aromatic N) is 2. The van der Waals surface area contributed by atoms with E-state index in [-0.39, 0.29) is 16.1 Å². The van der Waals surface area contributed by atoms with Crippen LogP contribution in [0.3, 0.4) is 0 Å². The Morgan fingerprint density at radius 1 is 1.14 bits per heavy atom. The molecule has 0 radical (unpaired) electrons.